The fraction of sp³-hybridized carbons (Fsp3) is 0.250. The van der Waals surface area contributed by atoms with E-state index in [1.165, 1.54) is 9.80 Å². The van der Waals surface area contributed by atoms with Gasteiger partial charge in [0.05, 0.1) is 0 Å². The van der Waals surface area contributed by atoms with Crippen LogP contribution in [0, 0.1) is 0 Å². The van der Waals surface area contributed by atoms with Gasteiger partial charge < -0.3 is 4.74 Å². The number of carbonyl (C=O) groups is 2. The molecule has 0 aromatic heterocycles. The number of hydrogen-bond donors (Lipinski definition) is 0. The van der Waals surface area contributed by atoms with Crippen molar-refractivity contribution >= 4 is 29.1 Å². The number of ether oxygens (including phenoxy) is 1. The molecule has 0 radical (unpaired) electrons. The van der Waals surface area contributed by atoms with Crippen LogP contribution in [0.15, 0.2) is 54.6 Å². The van der Waals surface area contributed by atoms with E-state index in [9.17, 15) is 9.59 Å². The van der Waals surface area contributed by atoms with Crippen molar-refractivity contribution in [1.29, 1.82) is 0 Å². The number of benzene rings is 2. The first kappa shape index (κ1) is 18.1. The summed E-state index contributed by atoms with van der Waals surface area (Å²) in [6.45, 7) is 4.57. The van der Waals surface area contributed by atoms with E-state index in [0.717, 1.165) is 5.75 Å². The third-order valence-corrected chi connectivity index (χ3v) is 4.75. The molecular formula is C20H20N2O3S. The Morgan fingerprint density at radius 3 is 1.85 bits per heavy atom. The standard InChI is InChI=1S/C20H20N2O3S/c1-3-21-18(23)17(19(24)22(4-2)20(21)26)14-10-12-16(13-11-14)25-15-8-6-5-7-9-15/h5-13,17H,3-4H2,1-2H3. The largest absolute Gasteiger partial charge is 0.457 e. The topological polar surface area (TPSA) is 49.9 Å². The average Bonchev–Trinajstić information content (AvgIpc) is 2.65. The predicted octanol–water partition coefficient (Wildman–Crippen LogP) is 3.56. The Morgan fingerprint density at radius 2 is 1.35 bits per heavy atom. The van der Waals surface area contributed by atoms with Crippen molar-refractivity contribution in [2.45, 2.75) is 19.8 Å². The Balaban J connectivity index is 1.86. The summed E-state index contributed by atoms with van der Waals surface area (Å²) >= 11 is 5.29. The molecule has 0 aliphatic carbocycles. The summed E-state index contributed by atoms with van der Waals surface area (Å²) in [4.78, 5) is 28.5. The highest BCUT2D eigenvalue weighted by molar-refractivity contribution is 7.80. The van der Waals surface area contributed by atoms with Gasteiger partial charge in [-0.1, -0.05) is 30.3 Å². The molecule has 5 nitrogen and oxygen atoms in total. The van der Waals surface area contributed by atoms with E-state index >= 15 is 0 Å². The number of nitrogens with zero attached hydrogens (tertiary/aromatic N) is 2. The lowest BCUT2D eigenvalue weighted by Crippen LogP contribution is -2.58. The lowest BCUT2D eigenvalue weighted by atomic mass is 9.94. The third-order valence-electron chi connectivity index (χ3n) is 4.31. The zero-order chi connectivity index (χ0) is 18.7. The molecule has 26 heavy (non-hydrogen) atoms. The van der Waals surface area contributed by atoms with Gasteiger partial charge in [-0.2, -0.15) is 0 Å². The van der Waals surface area contributed by atoms with Crippen LogP contribution in [0.3, 0.4) is 0 Å². The Hall–Kier alpha value is -2.73. The molecule has 6 heteroatoms. The second kappa shape index (κ2) is 7.66. The summed E-state index contributed by atoms with van der Waals surface area (Å²) < 4.78 is 5.76. The molecule has 1 heterocycles. The van der Waals surface area contributed by atoms with E-state index in [2.05, 4.69) is 0 Å². The van der Waals surface area contributed by atoms with E-state index < -0.39 is 5.92 Å². The van der Waals surface area contributed by atoms with Crippen molar-refractivity contribution in [3.8, 4) is 11.5 Å². The monoisotopic (exact) mass is 368 g/mol. The third kappa shape index (κ3) is 3.32. The maximum atomic E-state index is 12.8. The van der Waals surface area contributed by atoms with Gasteiger partial charge in [-0.25, -0.2) is 0 Å². The molecule has 1 saturated heterocycles. The maximum Gasteiger partial charge on any atom is 0.245 e. The van der Waals surface area contributed by atoms with E-state index in [1.807, 2.05) is 44.2 Å². The summed E-state index contributed by atoms with van der Waals surface area (Å²) in [6.07, 6.45) is 0. The van der Waals surface area contributed by atoms with Crippen LogP contribution in [0.1, 0.15) is 25.3 Å². The highest BCUT2D eigenvalue weighted by Gasteiger charge is 2.43. The van der Waals surface area contributed by atoms with E-state index in [1.54, 1.807) is 24.3 Å². The molecule has 2 aromatic rings. The van der Waals surface area contributed by atoms with Gasteiger partial charge in [0.25, 0.3) is 0 Å². The van der Waals surface area contributed by atoms with Gasteiger partial charge >= 0.3 is 0 Å². The van der Waals surface area contributed by atoms with Crippen molar-refractivity contribution < 1.29 is 14.3 Å². The zero-order valence-electron chi connectivity index (χ0n) is 14.7. The summed E-state index contributed by atoms with van der Waals surface area (Å²) in [5.41, 5.74) is 0.639. The SMILES string of the molecule is CCN1C(=O)C(c2ccc(Oc3ccccc3)cc2)C(=O)N(CC)C1=S. The van der Waals surface area contributed by atoms with Crippen LogP contribution in [0.2, 0.25) is 0 Å². The molecule has 0 bridgehead atoms. The minimum Gasteiger partial charge on any atom is -0.457 e. The molecule has 2 amide bonds. The minimum atomic E-state index is -0.868. The van der Waals surface area contributed by atoms with Crippen LogP contribution in [-0.2, 0) is 9.59 Å². The maximum absolute atomic E-state index is 12.8. The fourth-order valence-corrected chi connectivity index (χ4v) is 3.41. The smallest absolute Gasteiger partial charge is 0.245 e. The quantitative estimate of drug-likeness (QED) is 0.598. The molecule has 1 aliphatic rings. The number of thiocarbonyl (C=S) groups is 1. The van der Waals surface area contributed by atoms with Crippen LogP contribution < -0.4 is 4.74 Å². The summed E-state index contributed by atoms with van der Waals surface area (Å²) in [5.74, 6) is -0.0455. The Bertz CT molecular complexity index is 795. The number of amides is 2. The van der Waals surface area contributed by atoms with E-state index in [0.29, 0.717) is 24.4 Å². The summed E-state index contributed by atoms with van der Waals surface area (Å²) in [6, 6.07) is 16.5. The Kier molecular flexibility index (Phi) is 5.32. The van der Waals surface area contributed by atoms with Gasteiger partial charge in [0.2, 0.25) is 11.8 Å². The molecule has 1 aliphatic heterocycles. The van der Waals surface area contributed by atoms with Gasteiger partial charge in [0, 0.05) is 13.1 Å². The summed E-state index contributed by atoms with van der Waals surface area (Å²) in [7, 11) is 0. The first-order chi connectivity index (χ1) is 12.6. The van der Waals surface area contributed by atoms with Gasteiger partial charge in [-0.05, 0) is 55.9 Å². The molecule has 0 spiro atoms. The molecular weight excluding hydrogens is 348 g/mol. The van der Waals surface area contributed by atoms with Gasteiger partial charge in [0.1, 0.15) is 17.4 Å². The molecule has 0 saturated carbocycles. The number of rotatable bonds is 5. The molecule has 0 atom stereocenters. The second-order valence-electron chi connectivity index (χ2n) is 5.86. The lowest BCUT2D eigenvalue weighted by Gasteiger charge is -2.38. The van der Waals surface area contributed by atoms with Crippen molar-refractivity contribution in [1.82, 2.24) is 9.80 Å². The molecule has 1 fully saturated rings. The molecule has 3 rings (SSSR count). The molecule has 0 N–H and O–H groups in total. The van der Waals surface area contributed by atoms with Crippen LogP contribution in [-0.4, -0.2) is 39.8 Å². The minimum absolute atomic E-state index is 0.274. The second-order valence-corrected chi connectivity index (χ2v) is 6.23. The van der Waals surface area contributed by atoms with Gasteiger partial charge in [-0.15, -0.1) is 0 Å². The Labute approximate surface area is 158 Å². The highest BCUT2D eigenvalue weighted by atomic mass is 32.1. The van der Waals surface area contributed by atoms with Gasteiger partial charge in [-0.3, -0.25) is 19.4 Å². The molecule has 2 aromatic carbocycles. The van der Waals surface area contributed by atoms with Crippen LogP contribution >= 0.6 is 12.2 Å². The Morgan fingerprint density at radius 1 is 0.846 bits per heavy atom. The zero-order valence-corrected chi connectivity index (χ0v) is 15.5. The van der Waals surface area contributed by atoms with Crippen LogP contribution in [0.5, 0.6) is 11.5 Å². The summed E-state index contributed by atoms with van der Waals surface area (Å²) in [5, 5.41) is 0.283. The number of carbonyl (C=O) groups excluding carboxylic acids is 2. The van der Waals surface area contributed by atoms with E-state index in [4.69, 9.17) is 17.0 Å². The van der Waals surface area contributed by atoms with Crippen molar-refractivity contribution in [2.24, 2.45) is 0 Å². The molecule has 134 valence electrons. The van der Waals surface area contributed by atoms with Crippen LogP contribution in [0.4, 0.5) is 0 Å². The first-order valence-electron chi connectivity index (χ1n) is 8.56. The highest BCUT2D eigenvalue weighted by Crippen LogP contribution is 2.29. The van der Waals surface area contributed by atoms with Crippen molar-refractivity contribution in [3.63, 3.8) is 0 Å². The van der Waals surface area contributed by atoms with Crippen molar-refractivity contribution in [3.05, 3.63) is 60.2 Å². The number of likely N-dealkylation sites (N-methyl/N-ethyl adjacent to an activating group) is 2. The predicted molar refractivity (Wildman–Crippen MR) is 103 cm³/mol. The van der Waals surface area contributed by atoms with Crippen LogP contribution in [0.25, 0.3) is 0 Å². The van der Waals surface area contributed by atoms with E-state index in [-0.39, 0.29) is 16.9 Å². The fourth-order valence-electron chi connectivity index (χ4n) is 2.97. The normalized spacial score (nSPS) is 15.5. The van der Waals surface area contributed by atoms with Gasteiger partial charge in [0.15, 0.2) is 5.11 Å². The number of hydrogen-bond acceptors (Lipinski definition) is 4. The first-order valence-corrected chi connectivity index (χ1v) is 8.97. The average molecular weight is 368 g/mol. The van der Waals surface area contributed by atoms with Crippen molar-refractivity contribution in [2.75, 3.05) is 13.1 Å². The molecule has 0 unspecified atom stereocenters. The lowest BCUT2D eigenvalue weighted by molar-refractivity contribution is -0.142. The number of para-hydroxylation sites is 1.